The largest absolute Gasteiger partial charge is 0.481 e. The molecule has 11 heteroatoms. The Labute approximate surface area is 183 Å². The highest BCUT2D eigenvalue weighted by Gasteiger charge is 2.27. The minimum Gasteiger partial charge on any atom is -0.481 e. The molecule has 2 aromatic heterocycles. The van der Waals surface area contributed by atoms with E-state index in [0.29, 0.717) is 59.1 Å². The van der Waals surface area contributed by atoms with Gasteiger partial charge >= 0.3 is 5.97 Å². The van der Waals surface area contributed by atoms with Crippen molar-refractivity contribution in [1.82, 2.24) is 19.7 Å². The van der Waals surface area contributed by atoms with Gasteiger partial charge in [-0.25, -0.2) is 18.1 Å². The van der Waals surface area contributed by atoms with Crippen LogP contribution in [0.3, 0.4) is 0 Å². The minimum absolute atomic E-state index is 0.104. The molecule has 1 aliphatic carbocycles. The monoisotopic (exact) mass is 464 g/mol. The summed E-state index contributed by atoms with van der Waals surface area (Å²) in [4.78, 5) is 23.2. The van der Waals surface area contributed by atoms with Gasteiger partial charge in [-0.15, -0.1) is 0 Å². The number of H-pyrrole nitrogens is 1. The Kier molecular flexibility index (Phi) is 5.87. The van der Waals surface area contributed by atoms with E-state index in [0.717, 1.165) is 0 Å². The van der Waals surface area contributed by atoms with Gasteiger partial charge in [0.25, 0.3) is 6.01 Å². The van der Waals surface area contributed by atoms with Crippen molar-refractivity contribution in [2.24, 2.45) is 5.92 Å². The lowest BCUT2D eigenvalue weighted by Gasteiger charge is -2.25. The molecule has 1 aliphatic rings. The second-order valence-electron chi connectivity index (χ2n) is 7.39. The molecular weight excluding hydrogens is 444 g/mol. The third-order valence-electron chi connectivity index (χ3n) is 5.41. The van der Waals surface area contributed by atoms with Crippen LogP contribution in [-0.4, -0.2) is 47.6 Å². The zero-order chi connectivity index (χ0) is 22.2. The summed E-state index contributed by atoms with van der Waals surface area (Å²) < 4.78 is 32.0. The number of nitrogens with zero attached hydrogens (tertiary/aromatic N) is 2. The van der Waals surface area contributed by atoms with E-state index in [1.54, 1.807) is 18.2 Å². The summed E-state index contributed by atoms with van der Waals surface area (Å²) in [7, 11) is -2.18. The van der Waals surface area contributed by atoms with Crippen LogP contribution in [0.25, 0.3) is 22.4 Å². The van der Waals surface area contributed by atoms with Crippen molar-refractivity contribution in [2.75, 3.05) is 7.05 Å². The smallest absolute Gasteiger partial charge is 0.306 e. The number of benzene rings is 1. The first-order valence-corrected chi connectivity index (χ1v) is 11.6. The molecular formula is C20H21ClN4O5S. The molecule has 1 fully saturated rings. The maximum atomic E-state index is 11.9. The van der Waals surface area contributed by atoms with Crippen LogP contribution in [-0.2, 0) is 14.8 Å². The van der Waals surface area contributed by atoms with Crippen LogP contribution in [0.5, 0.6) is 6.01 Å². The van der Waals surface area contributed by atoms with Crippen LogP contribution in [0.1, 0.15) is 25.7 Å². The molecule has 9 nitrogen and oxygen atoms in total. The number of hydrogen-bond acceptors (Lipinski definition) is 6. The van der Waals surface area contributed by atoms with Crippen molar-refractivity contribution >= 4 is 38.8 Å². The van der Waals surface area contributed by atoms with Gasteiger partial charge in [0, 0.05) is 5.56 Å². The second kappa shape index (κ2) is 8.45. The number of ether oxygens (including phenoxy) is 1. The summed E-state index contributed by atoms with van der Waals surface area (Å²) in [6, 6.07) is 8.22. The Morgan fingerprint density at radius 2 is 1.87 bits per heavy atom. The van der Waals surface area contributed by atoms with Crippen molar-refractivity contribution in [3.8, 4) is 17.3 Å². The summed E-state index contributed by atoms with van der Waals surface area (Å²) in [6.45, 7) is 0. The Balaban J connectivity index is 1.55. The molecule has 0 unspecified atom stereocenters. The zero-order valence-corrected chi connectivity index (χ0v) is 18.2. The average Bonchev–Trinajstić information content (AvgIpc) is 3.14. The van der Waals surface area contributed by atoms with E-state index < -0.39 is 16.0 Å². The quantitative estimate of drug-likeness (QED) is 0.509. The molecule has 1 aromatic carbocycles. The molecule has 0 radical (unpaired) electrons. The normalized spacial score (nSPS) is 19.4. The standard InChI is InChI=1S/C20H21ClN4O5S/c1-22-31(28,29)14-8-4-11(5-9-14)17-15(21)10-16-18(24-17)25-20(23-16)30-13-6-2-12(3-7-13)19(26)27/h4-5,8-10,12-13,22H,2-3,6-7H2,1H3,(H,26,27)(H,23,24,25)/t12-,13-. The van der Waals surface area contributed by atoms with Gasteiger partial charge < -0.3 is 9.84 Å². The molecule has 1 saturated carbocycles. The third-order valence-corrected chi connectivity index (χ3v) is 7.13. The highest BCUT2D eigenvalue weighted by molar-refractivity contribution is 7.89. The predicted octanol–water partition coefficient (Wildman–Crippen LogP) is 3.21. The van der Waals surface area contributed by atoms with Crippen molar-refractivity contribution in [3.05, 3.63) is 35.4 Å². The van der Waals surface area contributed by atoms with Crippen molar-refractivity contribution in [3.63, 3.8) is 0 Å². The first kappa shape index (κ1) is 21.5. The number of carboxylic acids is 1. The Hall–Kier alpha value is -2.69. The Morgan fingerprint density at radius 3 is 2.48 bits per heavy atom. The summed E-state index contributed by atoms with van der Waals surface area (Å²) in [5.41, 5.74) is 2.17. The highest BCUT2D eigenvalue weighted by Crippen LogP contribution is 2.31. The molecule has 4 rings (SSSR count). The van der Waals surface area contributed by atoms with E-state index >= 15 is 0 Å². The molecule has 0 aliphatic heterocycles. The fourth-order valence-corrected chi connectivity index (χ4v) is 4.63. The molecule has 3 aromatic rings. The molecule has 2 heterocycles. The van der Waals surface area contributed by atoms with Crippen LogP contribution in [0.15, 0.2) is 35.2 Å². The van der Waals surface area contributed by atoms with Crippen molar-refractivity contribution in [2.45, 2.75) is 36.7 Å². The topological polar surface area (TPSA) is 134 Å². The number of hydrogen-bond donors (Lipinski definition) is 3. The molecule has 3 N–H and O–H groups in total. The number of carbonyl (C=O) groups is 1. The van der Waals surface area contributed by atoms with Crippen LogP contribution in [0.4, 0.5) is 0 Å². The summed E-state index contributed by atoms with van der Waals surface area (Å²) in [5, 5.41) is 9.48. The van der Waals surface area contributed by atoms with Gasteiger partial charge in [-0.05, 0) is 50.9 Å². The van der Waals surface area contributed by atoms with E-state index in [4.69, 9.17) is 21.4 Å². The lowest BCUT2D eigenvalue weighted by atomic mass is 9.87. The summed E-state index contributed by atoms with van der Waals surface area (Å²) >= 11 is 6.40. The van der Waals surface area contributed by atoms with Crippen LogP contribution in [0, 0.1) is 5.92 Å². The van der Waals surface area contributed by atoms with Gasteiger partial charge in [0.15, 0.2) is 5.65 Å². The van der Waals surface area contributed by atoms with E-state index in [1.807, 2.05) is 0 Å². The van der Waals surface area contributed by atoms with E-state index in [2.05, 4.69) is 19.7 Å². The van der Waals surface area contributed by atoms with Gasteiger partial charge in [0.05, 0.1) is 21.5 Å². The average molecular weight is 465 g/mol. The number of fused-ring (bicyclic) bond motifs is 1. The first-order valence-electron chi connectivity index (χ1n) is 9.76. The molecule has 0 spiro atoms. The number of imidazole rings is 1. The third kappa shape index (κ3) is 4.51. The maximum absolute atomic E-state index is 11.9. The summed E-state index contributed by atoms with van der Waals surface area (Å²) in [6.07, 6.45) is 2.35. The number of halogens is 1. The van der Waals surface area contributed by atoms with E-state index in [1.165, 1.54) is 19.2 Å². The SMILES string of the molecule is CNS(=O)(=O)c1ccc(-c2nc3[nH]c(O[C@H]4CC[C@H](C(=O)O)CC4)nc3cc2Cl)cc1. The second-order valence-corrected chi connectivity index (χ2v) is 9.68. The highest BCUT2D eigenvalue weighted by atomic mass is 35.5. The molecule has 164 valence electrons. The van der Waals surface area contributed by atoms with Crippen LogP contribution in [0.2, 0.25) is 5.02 Å². The summed E-state index contributed by atoms with van der Waals surface area (Å²) in [5.74, 6) is -1.07. The number of aliphatic carboxylic acids is 1. The lowest BCUT2D eigenvalue weighted by molar-refractivity contribution is -0.143. The van der Waals surface area contributed by atoms with Gasteiger partial charge in [-0.3, -0.25) is 9.78 Å². The van der Waals surface area contributed by atoms with E-state index in [9.17, 15) is 13.2 Å². The van der Waals surface area contributed by atoms with Gasteiger partial charge in [-0.1, -0.05) is 23.7 Å². The predicted molar refractivity (Wildman–Crippen MR) is 115 cm³/mol. The number of sulfonamides is 1. The number of pyridine rings is 1. The minimum atomic E-state index is -3.53. The number of carboxylic acid groups (broad SMARTS) is 1. The first-order chi connectivity index (χ1) is 14.8. The van der Waals surface area contributed by atoms with Gasteiger partial charge in [0.1, 0.15) is 11.6 Å². The molecule has 0 amide bonds. The Bertz CT molecular complexity index is 1220. The Morgan fingerprint density at radius 1 is 1.19 bits per heavy atom. The number of rotatable bonds is 6. The fraction of sp³-hybridized carbons (Fsp3) is 0.350. The lowest BCUT2D eigenvalue weighted by Crippen LogP contribution is -2.28. The van der Waals surface area contributed by atoms with Crippen LogP contribution >= 0.6 is 11.6 Å². The van der Waals surface area contributed by atoms with Gasteiger partial charge in [0.2, 0.25) is 10.0 Å². The number of nitrogens with one attached hydrogen (secondary N) is 2. The molecule has 0 bridgehead atoms. The van der Waals surface area contributed by atoms with Gasteiger partial charge in [-0.2, -0.15) is 4.98 Å². The number of aromatic amines is 1. The zero-order valence-electron chi connectivity index (χ0n) is 16.6. The molecule has 31 heavy (non-hydrogen) atoms. The van der Waals surface area contributed by atoms with E-state index in [-0.39, 0.29) is 16.9 Å². The van der Waals surface area contributed by atoms with Crippen molar-refractivity contribution in [1.29, 1.82) is 0 Å². The molecule has 0 atom stereocenters. The van der Waals surface area contributed by atoms with Crippen molar-refractivity contribution < 1.29 is 23.1 Å². The maximum Gasteiger partial charge on any atom is 0.306 e. The fourth-order valence-electron chi connectivity index (χ4n) is 3.65. The number of aromatic nitrogens is 3. The molecule has 0 saturated heterocycles. The van der Waals surface area contributed by atoms with Crippen LogP contribution < -0.4 is 9.46 Å².